The molecule has 0 aliphatic heterocycles. The molecule has 2 nitrogen and oxygen atoms in total. The smallest absolute Gasteiger partial charge is 0.184 e. The molecule has 1 aromatic rings. The number of hydrogen-bond acceptors (Lipinski definition) is 2. The molecular weight excluding hydrogens is 232 g/mol. The third-order valence-electron chi connectivity index (χ3n) is 2.51. The van der Waals surface area contributed by atoms with Crippen LogP contribution in [0.5, 0.6) is 0 Å². The van der Waals surface area contributed by atoms with E-state index >= 15 is 0 Å². The van der Waals surface area contributed by atoms with Crippen LogP contribution in [-0.4, -0.2) is 13.3 Å². The summed E-state index contributed by atoms with van der Waals surface area (Å²) < 4.78 is 22.0. The number of allylic oxidation sites excluding steroid dienone is 5. The zero-order valence-corrected chi connectivity index (χ0v) is 9.97. The Hall–Kier alpha value is -1.87. The number of hydrogen-bond donors (Lipinski definition) is 0. The van der Waals surface area contributed by atoms with Gasteiger partial charge < -0.3 is 0 Å². The molecule has 0 radical (unpaired) electrons. The van der Waals surface area contributed by atoms with Gasteiger partial charge >= 0.3 is 0 Å². The second-order valence-electron chi connectivity index (χ2n) is 3.68. The fourth-order valence-corrected chi connectivity index (χ4v) is 2.21. The molecule has 0 fully saturated rings. The molecule has 0 saturated heterocycles. The Kier molecular flexibility index (Phi) is 3.73. The lowest BCUT2D eigenvalue weighted by atomic mass is 9.99. The Morgan fingerprint density at radius 2 is 1.82 bits per heavy atom. The van der Waals surface area contributed by atoms with E-state index in [4.69, 9.17) is 0 Å². The first-order valence-corrected chi connectivity index (χ1v) is 6.39. The van der Waals surface area contributed by atoms with Crippen molar-refractivity contribution in [2.45, 2.75) is 0 Å². The van der Waals surface area contributed by atoms with Crippen molar-refractivity contribution in [1.29, 1.82) is 0 Å². The topological polar surface area (TPSA) is 34.1 Å². The monoisotopic (exact) mass is 244 g/mol. The summed E-state index contributed by atoms with van der Waals surface area (Å²) in [6.07, 6.45) is 10.9. The van der Waals surface area contributed by atoms with Gasteiger partial charge in [0.2, 0.25) is 10.3 Å². The average molecular weight is 244 g/mol. The second kappa shape index (κ2) is 5.46. The maximum Gasteiger partial charge on any atom is 0.218 e. The fraction of sp³-hybridized carbons (Fsp3) is 0.0714. The van der Waals surface area contributed by atoms with Crippen molar-refractivity contribution in [3.05, 3.63) is 66.3 Å². The van der Waals surface area contributed by atoms with Gasteiger partial charge in [-0.3, -0.25) is 0 Å². The van der Waals surface area contributed by atoms with E-state index in [1.54, 1.807) is 12.2 Å². The Labute approximate surface area is 102 Å². The van der Waals surface area contributed by atoms with Gasteiger partial charge in [0, 0.05) is 5.92 Å². The molecule has 2 rings (SSSR count). The first kappa shape index (κ1) is 11.6. The van der Waals surface area contributed by atoms with Crippen LogP contribution >= 0.6 is 0 Å². The lowest BCUT2D eigenvalue weighted by Gasteiger charge is -2.07. The van der Waals surface area contributed by atoms with Crippen LogP contribution in [0, 0.1) is 5.92 Å². The van der Waals surface area contributed by atoms with Gasteiger partial charge in [-0.25, -0.2) is 0 Å². The molecule has 1 unspecified atom stereocenters. The minimum Gasteiger partial charge on any atom is -0.184 e. The van der Waals surface area contributed by atoms with Crippen LogP contribution in [0.3, 0.4) is 0 Å². The van der Waals surface area contributed by atoms with Crippen molar-refractivity contribution >= 4 is 21.2 Å². The highest BCUT2D eigenvalue weighted by atomic mass is 32.2. The maximum absolute atomic E-state index is 11.0. The average Bonchev–Trinajstić information content (AvgIpc) is 2.38. The lowest BCUT2D eigenvalue weighted by molar-refractivity contribution is 0.626. The maximum atomic E-state index is 11.0. The molecule has 0 heterocycles. The van der Waals surface area contributed by atoms with E-state index in [1.165, 1.54) is 0 Å². The normalized spacial score (nSPS) is 18.8. The Morgan fingerprint density at radius 3 is 2.53 bits per heavy atom. The molecule has 0 bridgehead atoms. The van der Waals surface area contributed by atoms with Crippen molar-refractivity contribution < 1.29 is 8.42 Å². The fourth-order valence-electron chi connectivity index (χ4n) is 1.64. The zero-order valence-electron chi connectivity index (χ0n) is 9.15. The van der Waals surface area contributed by atoms with Crippen molar-refractivity contribution in [3.63, 3.8) is 0 Å². The molecule has 0 N–H and O–H groups in total. The highest BCUT2D eigenvalue weighted by molar-refractivity contribution is 7.73. The summed E-state index contributed by atoms with van der Waals surface area (Å²) in [5, 5.41) is 0. The van der Waals surface area contributed by atoms with E-state index in [1.807, 2.05) is 54.6 Å². The van der Waals surface area contributed by atoms with E-state index < -0.39 is 10.3 Å². The summed E-state index contributed by atoms with van der Waals surface area (Å²) >= 11 is 0. The zero-order chi connectivity index (χ0) is 12.1. The van der Waals surface area contributed by atoms with E-state index in [-0.39, 0.29) is 5.92 Å². The molecule has 1 aromatic carbocycles. The molecule has 1 aliphatic carbocycles. The second-order valence-corrected chi connectivity index (χ2v) is 4.62. The molecule has 0 aromatic heterocycles. The van der Waals surface area contributed by atoms with Gasteiger partial charge in [-0.1, -0.05) is 60.7 Å². The Balaban J connectivity index is 2.25. The molecule has 1 aliphatic rings. The summed E-state index contributed by atoms with van der Waals surface area (Å²) in [6.45, 7) is 0. The van der Waals surface area contributed by atoms with Gasteiger partial charge in [-0.15, -0.1) is 0 Å². The van der Waals surface area contributed by atoms with E-state index in [0.29, 0.717) is 4.86 Å². The largest absolute Gasteiger partial charge is 0.218 e. The van der Waals surface area contributed by atoms with E-state index in [2.05, 4.69) is 0 Å². The quantitative estimate of drug-likeness (QED) is 0.749. The van der Waals surface area contributed by atoms with E-state index in [9.17, 15) is 8.42 Å². The summed E-state index contributed by atoms with van der Waals surface area (Å²) in [4.78, 5) is 0.402. The van der Waals surface area contributed by atoms with Crippen LogP contribution in [0.2, 0.25) is 0 Å². The third-order valence-corrected chi connectivity index (χ3v) is 3.30. The van der Waals surface area contributed by atoms with Crippen LogP contribution in [0.25, 0.3) is 6.08 Å². The molecule has 3 heteroatoms. The summed E-state index contributed by atoms with van der Waals surface area (Å²) in [5.41, 5.74) is 1.06. The first-order valence-electron chi connectivity index (χ1n) is 5.31. The van der Waals surface area contributed by atoms with Crippen LogP contribution in [0.4, 0.5) is 0 Å². The van der Waals surface area contributed by atoms with Gasteiger partial charge in [0.25, 0.3) is 0 Å². The van der Waals surface area contributed by atoms with Crippen molar-refractivity contribution in [1.82, 2.24) is 0 Å². The molecule has 17 heavy (non-hydrogen) atoms. The van der Waals surface area contributed by atoms with Gasteiger partial charge in [-0.2, -0.15) is 8.42 Å². The van der Waals surface area contributed by atoms with Crippen LogP contribution < -0.4 is 0 Å². The molecule has 0 saturated carbocycles. The molecule has 1 atom stereocenters. The van der Waals surface area contributed by atoms with Crippen LogP contribution in [-0.2, 0) is 10.3 Å². The van der Waals surface area contributed by atoms with Gasteiger partial charge in [0.1, 0.15) is 0 Å². The molecule has 0 spiro atoms. The van der Waals surface area contributed by atoms with Gasteiger partial charge in [0.05, 0.1) is 4.86 Å². The Morgan fingerprint density at radius 1 is 1.06 bits per heavy atom. The van der Waals surface area contributed by atoms with Crippen molar-refractivity contribution in [3.8, 4) is 0 Å². The third kappa shape index (κ3) is 3.04. The molecular formula is C14H12O2S. The summed E-state index contributed by atoms with van der Waals surface area (Å²) in [5.74, 6) is -0.168. The van der Waals surface area contributed by atoms with Crippen LogP contribution in [0.15, 0.2) is 60.7 Å². The predicted octanol–water partition coefficient (Wildman–Crippen LogP) is 2.49. The molecule has 0 amide bonds. The lowest BCUT2D eigenvalue weighted by Crippen LogP contribution is -2.10. The number of rotatable bonds is 2. The summed E-state index contributed by atoms with van der Waals surface area (Å²) in [6, 6.07) is 9.81. The first-order chi connectivity index (χ1) is 8.27. The summed E-state index contributed by atoms with van der Waals surface area (Å²) in [7, 11) is -2.16. The molecule has 86 valence electrons. The predicted molar refractivity (Wildman–Crippen MR) is 71.2 cm³/mol. The highest BCUT2D eigenvalue weighted by Crippen LogP contribution is 2.12. The van der Waals surface area contributed by atoms with Gasteiger partial charge in [-0.05, 0) is 11.6 Å². The number of benzene rings is 1. The van der Waals surface area contributed by atoms with Gasteiger partial charge in [0.15, 0.2) is 0 Å². The minimum absolute atomic E-state index is 0.168. The van der Waals surface area contributed by atoms with Crippen LogP contribution in [0.1, 0.15) is 5.56 Å². The highest BCUT2D eigenvalue weighted by Gasteiger charge is 2.10. The minimum atomic E-state index is -2.16. The SMILES string of the molecule is O=S(=O)=C1C=CC=CC1C=Cc1ccccc1. The Bertz CT molecular complexity index is 597. The standard InChI is InChI=1S/C14H12O2S/c15-17(16)14-9-5-4-8-13(14)11-10-12-6-2-1-3-7-12/h1-11,13H. The van der Waals surface area contributed by atoms with E-state index in [0.717, 1.165) is 5.56 Å². The van der Waals surface area contributed by atoms with Crippen molar-refractivity contribution in [2.75, 3.05) is 0 Å². The van der Waals surface area contributed by atoms with Crippen molar-refractivity contribution in [2.24, 2.45) is 5.92 Å².